The first-order chi connectivity index (χ1) is 7.60. The van der Waals surface area contributed by atoms with Crippen molar-refractivity contribution in [2.75, 3.05) is 6.61 Å². The Balaban J connectivity index is 1.79. The van der Waals surface area contributed by atoms with Crippen LogP contribution in [0.4, 0.5) is 0 Å². The van der Waals surface area contributed by atoms with Crippen LogP contribution in [0.5, 0.6) is 11.5 Å². The van der Waals surface area contributed by atoms with Gasteiger partial charge >= 0.3 is 0 Å². The highest BCUT2D eigenvalue weighted by molar-refractivity contribution is 5.41. The van der Waals surface area contributed by atoms with E-state index in [1.807, 2.05) is 24.3 Å². The first-order valence-corrected chi connectivity index (χ1v) is 5.75. The molecule has 2 N–H and O–H groups in total. The lowest BCUT2D eigenvalue weighted by Gasteiger charge is -2.27. The van der Waals surface area contributed by atoms with Crippen molar-refractivity contribution in [2.24, 2.45) is 17.1 Å². The minimum absolute atomic E-state index is 0.0971. The van der Waals surface area contributed by atoms with Crippen molar-refractivity contribution in [1.82, 2.24) is 0 Å². The van der Waals surface area contributed by atoms with Crippen molar-refractivity contribution in [3.05, 3.63) is 24.3 Å². The fourth-order valence-electron chi connectivity index (χ4n) is 2.64. The quantitative estimate of drug-likeness (QED) is 0.783. The smallest absolute Gasteiger partial charge is 0.161 e. The zero-order valence-corrected chi connectivity index (χ0v) is 9.64. The zero-order chi connectivity index (χ0) is 11.3. The fraction of sp³-hybridized carbons (Fsp3) is 0.538. The Kier molecular flexibility index (Phi) is 1.96. The van der Waals surface area contributed by atoms with Gasteiger partial charge in [-0.2, -0.15) is 0 Å². The standard InChI is InChI=1S/C13H17NO2/c1-13(2)11(12(13)14)10-7-15-8-5-3-4-6-9(8)16-10/h3-6,10-12H,7,14H2,1-2H3/t10?,11-,12-/m0/s1. The van der Waals surface area contributed by atoms with Gasteiger partial charge in [0.2, 0.25) is 0 Å². The maximum absolute atomic E-state index is 6.06. The third kappa shape index (κ3) is 1.31. The SMILES string of the molecule is CC1(C)[C@@H](N)[C@@H]1C1COc2ccccc2O1. The van der Waals surface area contributed by atoms with Crippen molar-refractivity contribution in [3.8, 4) is 11.5 Å². The number of para-hydroxylation sites is 2. The summed E-state index contributed by atoms with van der Waals surface area (Å²) in [4.78, 5) is 0. The second-order valence-corrected chi connectivity index (χ2v) is 5.29. The van der Waals surface area contributed by atoms with Crippen LogP contribution in [0.2, 0.25) is 0 Å². The highest BCUT2D eigenvalue weighted by Gasteiger charge is 2.60. The minimum atomic E-state index is 0.0971. The lowest BCUT2D eigenvalue weighted by atomic mass is 10.1. The van der Waals surface area contributed by atoms with E-state index in [1.54, 1.807) is 0 Å². The summed E-state index contributed by atoms with van der Waals surface area (Å²) in [6.45, 7) is 4.98. The van der Waals surface area contributed by atoms with Crippen LogP contribution in [0.3, 0.4) is 0 Å². The lowest BCUT2D eigenvalue weighted by molar-refractivity contribution is 0.0662. The van der Waals surface area contributed by atoms with Crippen molar-refractivity contribution in [3.63, 3.8) is 0 Å². The molecule has 16 heavy (non-hydrogen) atoms. The Hall–Kier alpha value is -1.22. The van der Waals surface area contributed by atoms with Crippen LogP contribution in [0, 0.1) is 11.3 Å². The highest BCUT2D eigenvalue weighted by Crippen LogP contribution is 2.54. The lowest BCUT2D eigenvalue weighted by Crippen LogP contribution is -2.33. The summed E-state index contributed by atoms with van der Waals surface area (Å²) in [6, 6.07) is 8.02. The van der Waals surface area contributed by atoms with E-state index in [9.17, 15) is 0 Å². The van der Waals surface area contributed by atoms with Gasteiger partial charge in [-0.1, -0.05) is 26.0 Å². The molecule has 1 heterocycles. The molecule has 1 aliphatic heterocycles. The van der Waals surface area contributed by atoms with Gasteiger partial charge in [0.25, 0.3) is 0 Å². The molecular formula is C13H17NO2. The van der Waals surface area contributed by atoms with Crippen molar-refractivity contribution >= 4 is 0 Å². The van der Waals surface area contributed by atoms with Crippen LogP contribution in [-0.4, -0.2) is 18.8 Å². The summed E-state index contributed by atoms with van der Waals surface area (Å²) in [5.41, 5.74) is 6.24. The molecule has 0 radical (unpaired) electrons. The number of rotatable bonds is 1. The number of hydrogen-bond acceptors (Lipinski definition) is 3. The molecule has 0 saturated heterocycles. The van der Waals surface area contributed by atoms with Crippen LogP contribution >= 0.6 is 0 Å². The van der Waals surface area contributed by atoms with Gasteiger partial charge in [-0.3, -0.25) is 0 Å². The maximum Gasteiger partial charge on any atom is 0.161 e. The van der Waals surface area contributed by atoms with E-state index in [2.05, 4.69) is 13.8 Å². The summed E-state index contributed by atoms with van der Waals surface area (Å²) < 4.78 is 11.7. The summed E-state index contributed by atoms with van der Waals surface area (Å²) in [5.74, 6) is 2.08. The van der Waals surface area contributed by atoms with Gasteiger partial charge in [0.05, 0.1) is 0 Å². The Morgan fingerprint density at radius 1 is 1.25 bits per heavy atom. The number of fused-ring (bicyclic) bond motifs is 1. The minimum Gasteiger partial charge on any atom is -0.486 e. The van der Waals surface area contributed by atoms with Crippen molar-refractivity contribution in [1.29, 1.82) is 0 Å². The number of nitrogens with two attached hydrogens (primary N) is 1. The van der Waals surface area contributed by atoms with Crippen LogP contribution in [0.25, 0.3) is 0 Å². The number of hydrogen-bond donors (Lipinski definition) is 1. The second kappa shape index (κ2) is 3.14. The van der Waals surface area contributed by atoms with Gasteiger partial charge in [0.1, 0.15) is 12.7 Å². The molecule has 1 aliphatic carbocycles. The number of benzene rings is 1. The molecule has 0 spiro atoms. The Morgan fingerprint density at radius 3 is 2.50 bits per heavy atom. The fourth-order valence-corrected chi connectivity index (χ4v) is 2.64. The van der Waals surface area contributed by atoms with Crippen LogP contribution in [-0.2, 0) is 0 Å². The number of ether oxygens (including phenoxy) is 2. The van der Waals surface area contributed by atoms with E-state index in [4.69, 9.17) is 15.2 Å². The molecule has 0 bridgehead atoms. The third-order valence-corrected chi connectivity index (χ3v) is 3.93. The molecule has 1 aromatic carbocycles. The van der Waals surface area contributed by atoms with Crippen LogP contribution < -0.4 is 15.2 Å². The average molecular weight is 219 g/mol. The largest absolute Gasteiger partial charge is 0.486 e. The maximum atomic E-state index is 6.06. The van der Waals surface area contributed by atoms with Gasteiger partial charge in [0.15, 0.2) is 11.5 Å². The molecule has 1 saturated carbocycles. The first-order valence-electron chi connectivity index (χ1n) is 5.75. The van der Waals surface area contributed by atoms with Crippen molar-refractivity contribution in [2.45, 2.75) is 26.0 Å². The third-order valence-electron chi connectivity index (χ3n) is 3.93. The molecule has 0 aromatic heterocycles. The van der Waals surface area contributed by atoms with Gasteiger partial charge in [-0.25, -0.2) is 0 Å². The van der Waals surface area contributed by atoms with Crippen LogP contribution in [0.1, 0.15) is 13.8 Å². The van der Waals surface area contributed by atoms with Crippen LogP contribution in [0.15, 0.2) is 24.3 Å². The monoisotopic (exact) mass is 219 g/mol. The summed E-state index contributed by atoms with van der Waals surface area (Å²) >= 11 is 0. The molecule has 2 aliphatic rings. The topological polar surface area (TPSA) is 44.5 Å². The van der Waals surface area contributed by atoms with E-state index in [0.29, 0.717) is 12.5 Å². The summed E-state index contributed by atoms with van der Waals surface area (Å²) in [6.07, 6.45) is 0.0971. The predicted molar refractivity (Wildman–Crippen MR) is 61.6 cm³/mol. The average Bonchev–Trinajstić information content (AvgIpc) is 2.78. The Morgan fingerprint density at radius 2 is 1.88 bits per heavy atom. The summed E-state index contributed by atoms with van der Waals surface area (Å²) in [5, 5.41) is 0. The molecule has 3 atom stereocenters. The van der Waals surface area contributed by atoms with E-state index in [1.165, 1.54) is 0 Å². The molecule has 1 unspecified atom stereocenters. The molecule has 86 valence electrons. The molecule has 0 amide bonds. The molecule has 1 fully saturated rings. The Labute approximate surface area is 95.5 Å². The van der Waals surface area contributed by atoms with Gasteiger partial charge < -0.3 is 15.2 Å². The van der Waals surface area contributed by atoms with Crippen molar-refractivity contribution < 1.29 is 9.47 Å². The first kappa shape index (κ1) is 9.97. The zero-order valence-electron chi connectivity index (χ0n) is 9.64. The van der Waals surface area contributed by atoms with Gasteiger partial charge in [-0.15, -0.1) is 0 Å². The highest BCUT2D eigenvalue weighted by atomic mass is 16.6. The molecule has 1 aromatic rings. The van der Waals surface area contributed by atoms with E-state index in [0.717, 1.165) is 11.5 Å². The van der Waals surface area contributed by atoms with Gasteiger partial charge in [-0.05, 0) is 17.5 Å². The van der Waals surface area contributed by atoms with Gasteiger partial charge in [0, 0.05) is 12.0 Å². The second-order valence-electron chi connectivity index (χ2n) is 5.29. The molecule has 3 nitrogen and oxygen atoms in total. The molecule has 3 heteroatoms. The van der Waals surface area contributed by atoms with E-state index in [-0.39, 0.29) is 17.6 Å². The van der Waals surface area contributed by atoms with E-state index >= 15 is 0 Å². The predicted octanol–water partition coefficient (Wildman–Crippen LogP) is 1.81. The van der Waals surface area contributed by atoms with E-state index < -0.39 is 0 Å². The normalized spacial score (nSPS) is 34.6. The molecular weight excluding hydrogens is 202 g/mol. The Bertz CT molecular complexity index is 416. The summed E-state index contributed by atoms with van der Waals surface area (Å²) in [7, 11) is 0. The molecule has 3 rings (SSSR count).